The molecule has 0 aromatic carbocycles. The Kier molecular flexibility index (Phi) is 3.95. The second-order valence-corrected chi connectivity index (χ2v) is 8.03. The lowest BCUT2D eigenvalue weighted by Gasteiger charge is -2.25. The van der Waals surface area contributed by atoms with Crippen LogP contribution in [0.1, 0.15) is 44.4 Å². The zero-order valence-corrected chi connectivity index (χ0v) is 15.7. The quantitative estimate of drug-likeness (QED) is 0.743. The van der Waals surface area contributed by atoms with Gasteiger partial charge in [-0.2, -0.15) is 5.10 Å². The van der Waals surface area contributed by atoms with Crippen LogP contribution in [-0.2, 0) is 12.0 Å². The maximum atomic E-state index is 10.00. The summed E-state index contributed by atoms with van der Waals surface area (Å²) in [5.41, 5.74) is 3.40. The highest BCUT2D eigenvalue weighted by Gasteiger charge is 2.28. The van der Waals surface area contributed by atoms with Gasteiger partial charge in [0.2, 0.25) is 0 Å². The van der Waals surface area contributed by atoms with Gasteiger partial charge in [0.25, 0.3) is 0 Å². The van der Waals surface area contributed by atoms with Gasteiger partial charge in [-0.05, 0) is 40.2 Å². The number of nitrogens with zero attached hydrogens (tertiary/aromatic N) is 6. The largest absolute Gasteiger partial charge is 0.391 e. The van der Waals surface area contributed by atoms with Crippen LogP contribution in [0.4, 0.5) is 5.82 Å². The maximum Gasteiger partial charge on any atom is 0.183 e. The summed E-state index contributed by atoms with van der Waals surface area (Å²) in [6.07, 6.45) is 2.82. The molecular formula is C18H25N7O. The molecule has 138 valence electrons. The van der Waals surface area contributed by atoms with Crippen molar-refractivity contribution in [2.24, 2.45) is 0 Å². The highest BCUT2D eigenvalue weighted by atomic mass is 16.3. The average molecular weight is 355 g/mol. The molecule has 1 atom stereocenters. The number of hydrogen-bond donors (Lipinski definition) is 2. The molecule has 1 unspecified atom stereocenters. The van der Waals surface area contributed by atoms with Crippen LogP contribution in [-0.4, -0.2) is 54.0 Å². The number of H-pyrrole nitrogens is 1. The van der Waals surface area contributed by atoms with Crippen molar-refractivity contribution in [1.29, 1.82) is 0 Å². The fraction of sp³-hybridized carbons (Fsp3) is 0.556. The standard InChI is InChI=1S/C18H25N7O/c1-11-7-12(23-22-11)8-14-20-16-15(25(10-19-16)18(2,3)4)17(21-14)24-6-5-13(26)9-24/h7,10,13,26H,5-6,8-9H2,1-4H3,(H,22,23). The van der Waals surface area contributed by atoms with Gasteiger partial charge in [-0.1, -0.05) is 0 Å². The number of anilines is 1. The van der Waals surface area contributed by atoms with E-state index in [0.29, 0.717) is 24.4 Å². The van der Waals surface area contributed by atoms with Crippen molar-refractivity contribution in [3.8, 4) is 0 Å². The number of hydrogen-bond acceptors (Lipinski definition) is 6. The summed E-state index contributed by atoms with van der Waals surface area (Å²) in [6, 6.07) is 2.00. The molecule has 1 fully saturated rings. The summed E-state index contributed by atoms with van der Waals surface area (Å²) in [5.74, 6) is 1.54. The van der Waals surface area contributed by atoms with E-state index in [1.165, 1.54) is 0 Å². The zero-order chi connectivity index (χ0) is 18.5. The summed E-state index contributed by atoms with van der Waals surface area (Å²) >= 11 is 0. The predicted molar refractivity (Wildman–Crippen MR) is 99.3 cm³/mol. The first kappa shape index (κ1) is 17.0. The van der Waals surface area contributed by atoms with E-state index in [1.54, 1.807) is 0 Å². The summed E-state index contributed by atoms with van der Waals surface area (Å²) < 4.78 is 2.12. The summed E-state index contributed by atoms with van der Waals surface area (Å²) in [7, 11) is 0. The van der Waals surface area contributed by atoms with Crippen molar-refractivity contribution < 1.29 is 5.11 Å². The fourth-order valence-corrected chi connectivity index (χ4v) is 3.42. The third-order valence-corrected chi connectivity index (χ3v) is 4.71. The van der Waals surface area contributed by atoms with Crippen molar-refractivity contribution in [1.82, 2.24) is 29.7 Å². The molecular weight excluding hydrogens is 330 g/mol. The highest BCUT2D eigenvalue weighted by Crippen LogP contribution is 2.30. The lowest BCUT2D eigenvalue weighted by atomic mass is 10.1. The first-order valence-electron chi connectivity index (χ1n) is 8.99. The van der Waals surface area contributed by atoms with Crippen LogP contribution in [0.15, 0.2) is 12.4 Å². The van der Waals surface area contributed by atoms with E-state index in [0.717, 1.165) is 35.7 Å². The minimum absolute atomic E-state index is 0.133. The minimum atomic E-state index is -0.316. The van der Waals surface area contributed by atoms with E-state index >= 15 is 0 Å². The van der Waals surface area contributed by atoms with E-state index in [-0.39, 0.29) is 11.6 Å². The van der Waals surface area contributed by atoms with Gasteiger partial charge in [0.1, 0.15) is 11.3 Å². The second-order valence-electron chi connectivity index (χ2n) is 8.03. The number of fused-ring (bicyclic) bond motifs is 1. The van der Waals surface area contributed by atoms with Crippen LogP contribution < -0.4 is 4.90 Å². The SMILES string of the molecule is Cc1cc(Cc2nc(N3CCC(O)C3)c3c(ncn3C(C)(C)C)n2)n[nH]1. The Bertz CT molecular complexity index is 937. The van der Waals surface area contributed by atoms with E-state index < -0.39 is 0 Å². The Hall–Kier alpha value is -2.48. The Morgan fingerprint density at radius 1 is 1.31 bits per heavy atom. The molecule has 0 saturated carbocycles. The molecule has 0 aliphatic carbocycles. The number of imidazole rings is 1. The van der Waals surface area contributed by atoms with E-state index in [1.807, 2.05) is 19.3 Å². The number of aromatic nitrogens is 6. The average Bonchev–Trinajstić information content (AvgIpc) is 3.26. The summed E-state index contributed by atoms with van der Waals surface area (Å²) in [6.45, 7) is 9.75. The molecule has 0 bridgehead atoms. The molecule has 0 spiro atoms. The molecule has 0 amide bonds. The number of rotatable bonds is 3. The zero-order valence-electron chi connectivity index (χ0n) is 15.7. The molecule has 26 heavy (non-hydrogen) atoms. The molecule has 3 aromatic rings. The molecule has 0 radical (unpaired) electrons. The third kappa shape index (κ3) is 3.05. The van der Waals surface area contributed by atoms with Gasteiger partial charge in [0.15, 0.2) is 11.5 Å². The van der Waals surface area contributed by atoms with Crippen molar-refractivity contribution >= 4 is 17.0 Å². The van der Waals surface area contributed by atoms with Crippen molar-refractivity contribution in [3.63, 3.8) is 0 Å². The van der Waals surface area contributed by atoms with Crippen LogP contribution >= 0.6 is 0 Å². The Morgan fingerprint density at radius 2 is 2.12 bits per heavy atom. The van der Waals surface area contributed by atoms with Crippen molar-refractivity contribution in [3.05, 3.63) is 29.6 Å². The molecule has 8 nitrogen and oxygen atoms in total. The first-order chi connectivity index (χ1) is 12.3. The number of aliphatic hydroxyl groups is 1. The Labute approximate surface area is 152 Å². The van der Waals surface area contributed by atoms with E-state index in [4.69, 9.17) is 4.98 Å². The molecule has 1 saturated heterocycles. The lowest BCUT2D eigenvalue weighted by Crippen LogP contribution is -2.26. The van der Waals surface area contributed by atoms with Gasteiger partial charge in [-0.15, -0.1) is 0 Å². The number of aliphatic hydroxyl groups excluding tert-OH is 1. The fourth-order valence-electron chi connectivity index (χ4n) is 3.42. The van der Waals surface area contributed by atoms with Gasteiger partial charge in [-0.3, -0.25) is 5.10 Å². The van der Waals surface area contributed by atoms with E-state index in [2.05, 4.69) is 50.4 Å². The Morgan fingerprint density at radius 3 is 2.73 bits per heavy atom. The predicted octanol–water partition coefficient (Wildman–Crippen LogP) is 1.77. The van der Waals surface area contributed by atoms with Crippen LogP contribution in [0.3, 0.4) is 0 Å². The van der Waals surface area contributed by atoms with Crippen LogP contribution in [0, 0.1) is 6.92 Å². The first-order valence-corrected chi connectivity index (χ1v) is 8.99. The number of aromatic amines is 1. The smallest absolute Gasteiger partial charge is 0.183 e. The van der Waals surface area contributed by atoms with Crippen molar-refractivity contribution in [2.75, 3.05) is 18.0 Å². The molecule has 8 heteroatoms. The minimum Gasteiger partial charge on any atom is -0.391 e. The van der Waals surface area contributed by atoms with Crippen LogP contribution in [0.25, 0.3) is 11.2 Å². The number of aryl methyl sites for hydroxylation is 1. The molecule has 4 heterocycles. The molecule has 1 aliphatic heterocycles. The number of β-amino-alcohol motifs (C(OH)–C–C–N with tert-alkyl or cyclic N) is 1. The molecule has 4 rings (SSSR count). The summed E-state index contributed by atoms with van der Waals surface area (Å²) in [4.78, 5) is 16.2. The van der Waals surface area contributed by atoms with Crippen molar-refractivity contribution in [2.45, 2.75) is 52.2 Å². The number of nitrogens with one attached hydrogen (secondary N) is 1. The monoisotopic (exact) mass is 355 g/mol. The second kappa shape index (κ2) is 6.05. The maximum absolute atomic E-state index is 10.00. The van der Waals surface area contributed by atoms with Gasteiger partial charge < -0.3 is 14.6 Å². The molecule has 2 N–H and O–H groups in total. The molecule has 3 aromatic heterocycles. The van der Waals surface area contributed by atoms with Crippen LogP contribution in [0.2, 0.25) is 0 Å². The van der Waals surface area contributed by atoms with Gasteiger partial charge in [0, 0.05) is 24.3 Å². The lowest BCUT2D eigenvalue weighted by molar-refractivity contribution is 0.198. The third-order valence-electron chi connectivity index (χ3n) is 4.71. The summed E-state index contributed by atoms with van der Waals surface area (Å²) in [5, 5.41) is 17.2. The topological polar surface area (TPSA) is 95.8 Å². The van der Waals surface area contributed by atoms with E-state index in [9.17, 15) is 5.11 Å². The molecule has 1 aliphatic rings. The van der Waals surface area contributed by atoms with Gasteiger partial charge >= 0.3 is 0 Å². The Balaban J connectivity index is 1.83. The van der Waals surface area contributed by atoms with Crippen LogP contribution in [0.5, 0.6) is 0 Å². The van der Waals surface area contributed by atoms with Gasteiger partial charge in [0.05, 0.1) is 24.5 Å². The highest BCUT2D eigenvalue weighted by molar-refractivity contribution is 5.84. The normalized spacial score (nSPS) is 18.2. The van der Waals surface area contributed by atoms with Gasteiger partial charge in [-0.25, -0.2) is 15.0 Å².